The molecule has 0 radical (unpaired) electrons. The molecule has 2 aromatic heterocycles. The van der Waals surface area contributed by atoms with Gasteiger partial charge in [-0.3, -0.25) is 0 Å². The summed E-state index contributed by atoms with van der Waals surface area (Å²) in [5.74, 6) is 0.143. The van der Waals surface area contributed by atoms with Gasteiger partial charge in [0.15, 0.2) is 5.03 Å². The highest BCUT2D eigenvalue weighted by Gasteiger charge is 2.39. The van der Waals surface area contributed by atoms with Gasteiger partial charge in [0.25, 0.3) is 10.0 Å². The Bertz CT molecular complexity index is 1160. The maximum absolute atomic E-state index is 13.4. The largest absolute Gasteiger partial charge is 0.347 e. The van der Waals surface area contributed by atoms with Crippen molar-refractivity contribution in [2.75, 3.05) is 25.5 Å². The fourth-order valence-corrected chi connectivity index (χ4v) is 5.28. The van der Waals surface area contributed by atoms with Crippen LogP contribution in [0, 0.1) is 5.82 Å². The van der Waals surface area contributed by atoms with Crippen molar-refractivity contribution in [1.29, 1.82) is 0 Å². The number of aromatic nitrogens is 4. The molecule has 0 amide bonds. The van der Waals surface area contributed by atoms with Crippen molar-refractivity contribution < 1.29 is 12.8 Å². The van der Waals surface area contributed by atoms with Crippen LogP contribution in [0.3, 0.4) is 0 Å². The minimum atomic E-state index is -3.79. The SMILES string of the molecule is CN(C)c1ncc(-c2ccc(F)cc2)c(C2CCCN2S(=O)(=O)c2cn(C)cn2)n1. The Morgan fingerprint density at radius 3 is 2.53 bits per heavy atom. The zero-order valence-electron chi connectivity index (χ0n) is 17.0. The van der Waals surface area contributed by atoms with E-state index in [1.54, 1.807) is 34.8 Å². The van der Waals surface area contributed by atoms with Crippen LogP contribution < -0.4 is 4.90 Å². The molecular formula is C20H23FN6O2S. The number of halogens is 1. The first-order valence-electron chi connectivity index (χ1n) is 9.57. The number of benzene rings is 1. The number of sulfonamides is 1. The molecule has 1 atom stereocenters. The second-order valence-electron chi connectivity index (χ2n) is 7.52. The summed E-state index contributed by atoms with van der Waals surface area (Å²) >= 11 is 0. The summed E-state index contributed by atoms with van der Waals surface area (Å²) in [6.07, 6.45) is 5.98. The van der Waals surface area contributed by atoms with Crippen LogP contribution in [0.5, 0.6) is 0 Å². The lowest BCUT2D eigenvalue weighted by molar-refractivity contribution is 0.389. The second kappa shape index (κ2) is 7.77. The Kier molecular flexibility index (Phi) is 5.29. The summed E-state index contributed by atoms with van der Waals surface area (Å²) < 4.78 is 43.1. The summed E-state index contributed by atoms with van der Waals surface area (Å²) in [5.41, 5.74) is 2.03. The summed E-state index contributed by atoms with van der Waals surface area (Å²) in [6, 6.07) is 5.59. The van der Waals surface area contributed by atoms with Crippen molar-refractivity contribution in [2.24, 2.45) is 7.05 Å². The first-order valence-corrected chi connectivity index (χ1v) is 11.0. The van der Waals surface area contributed by atoms with Gasteiger partial charge in [-0.05, 0) is 30.5 Å². The van der Waals surface area contributed by atoms with Gasteiger partial charge in [-0.15, -0.1) is 0 Å². The third kappa shape index (κ3) is 3.68. The molecule has 0 aliphatic carbocycles. The molecular weight excluding hydrogens is 407 g/mol. The third-order valence-electron chi connectivity index (χ3n) is 5.13. The zero-order chi connectivity index (χ0) is 21.5. The van der Waals surface area contributed by atoms with Crippen LogP contribution >= 0.6 is 0 Å². The third-order valence-corrected chi connectivity index (χ3v) is 6.93. The Morgan fingerprint density at radius 1 is 1.17 bits per heavy atom. The minimum absolute atomic E-state index is 0.0159. The van der Waals surface area contributed by atoms with Crippen molar-refractivity contribution in [3.05, 3.63) is 54.5 Å². The van der Waals surface area contributed by atoms with Gasteiger partial charge in [-0.2, -0.15) is 4.31 Å². The van der Waals surface area contributed by atoms with Gasteiger partial charge in [0, 0.05) is 45.6 Å². The molecule has 1 fully saturated rings. The molecule has 1 saturated heterocycles. The molecule has 0 bridgehead atoms. The van der Waals surface area contributed by atoms with Gasteiger partial charge in [0.2, 0.25) is 5.95 Å². The predicted molar refractivity (Wildman–Crippen MR) is 111 cm³/mol. The summed E-state index contributed by atoms with van der Waals surface area (Å²) in [5, 5.41) is 0.0159. The fourth-order valence-electron chi connectivity index (χ4n) is 3.65. The molecule has 8 nitrogen and oxygen atoms in total. The lowest BCUT2D eigenvalue weighted by atomic mass is 10.0. The number of rotatable bonds is 5. The van der Waals surface area contributed by atoms with Crippen molar-refractivity contribution in [1.82, 2.24) is 23.8 Å². The first-order chi connectivity index (χ1) is 14.3. The Balaban J connectivity index is 1.83. The molecule has 30 heavy (non-hydrogen) atoms. The Hall–Kier alpha value is -2.85. The molecule has 1 aliphatic heterocycles. The maximum atomic E-state index is 13.4. The average Bonchev–Trinajstić information content (AvgIpc) is 3.38. The molecule has 10 heteroatoms. The Labute approximate surface area is 175 Å². The molecule has 0 spiro atoms. The minimum Gasteiger partial charge on any atom is -0.347 e. The maximum Gasteiger partial charge on any atom is 0.262 e. The van der Waals surface area contributed by atoms with Gasteiger partial charge in [-0.25, -0.2) is 27.8 Å². The standard InChI is InChI=1S/C20H23FN6O2S/c1-25(2)20-22-11-16(14-6-8-15(21)9-7-14)19(24-20)17-5-4-10-27(17)30(28,29)18-12-26(3)13-23-18/h6-9,11-13,17H,4-5,10H2,1-3H3. The summed E-state index contributed by atoms with van der Waals surface area (Å²) in [6.45, 7) is 0.383. The molecule has 3 aromatic rings. The van der Waals surface area contributed by atoms with Gasteiger partial charge in [0.1, 0.15) is 5.82 Å². The number of hydrogen-bond donors (Lipinski definition) is 0. The van der Waals surface area contributed by atoms with E-state index in [9.17, 15) is 12.8 Å². The lowest BCUT2D eigenvalue weighted by Gasteiger charge is -2.25. The molecule has 3 heterocycles. The van der Waals surface area contributed by atoms with E-state index in [1.807, 2.05) is 14.1 Å². The highest BCUT2D eigenvalue weighted by Crippen LogP contribution is 2.39. The second-order valence-corrected chi connectivity index (χ2v) is 9.36. The van der Waals surface area contributed by atoms with Crippen LogP contribution in [-0.2, 0) is 17.1 Å². The van der Waals surface area contributed by atoms with Crippen LogP contribution in [-0.4, -0.2) is 52.9 Å². The quantitative estimate of drug-likeness (QED) is 0.619. The molecule has 1 aliphatic rings. The normalized spacial score (nSPS) is 17.4. The van der Waals surface area contributed by atoms with Crippen LogP contribution in [0.1, 0.15) is 24.6 Å². The first kappa shape index (κ1) is 20.4. The molecule has 1 unspecified atom stereocenters. The highest BCUT2D eigenvalue weighted by atomic mass is 32.2. The van der Waals surface area contributed by atoms with Crippen LogP contribution in [0.2, 0.25) is 0 Å². The zero-order valence-corrected chi connectivity index (χ0v) is 17.8. The number of anilines is 1. The predicted octanol–water partition coefficient (Wildman–Crippen LogP) is 2.61. The van der Waals surface area contributed by atoms with Crippen molar-refractivity contribution in [2.45, 2.75) is 23.9 Å². The summed E-state index contributed by atoms with van der Waals surface area (Å²) in [7, 11) is 1.60. The van der Waals surface area contributed by atoms with E-state index in [-0.39, 0.29) is 10.8 Å². The van der Waals surface area contributed by atoms with Crippen molar-refractivity contribution in [3.8, 4) is 11.1 Å². The van der Waals surface area contributed by atoms with Crippen LogP contribution in [0.25, 0.3) is 11.1 Å². The topological polar surface area (TPSA) is 84.2 Å². The molecule has 158 valence electrons. The van der Waals surface area contributed by atoms with Crippen molar-refractivity contribution in [3.63, 3.8) is 0 Å². The summed E-state index contributed by atoms with van der Waals surface area (Å²) in [4.78, 5) is 14.9. The fraction of sp³-hybridized carbons (Fsp3) is 0.350. The molecule has 1 aromatic carbocycles. The number of aryl methyl sites for hydroxylation is 1. The van der Waals surface area contributed by atoms with Crippen molar-refractivity contribution >= 4 is 16.0 Å². The van der Waals surface area contributed by atoms with Gasteiger partial charge < -0.3 is 9.47 Å². The highest BCUT2D eigenvalue weighted by molar-refractivity contribution is 7.89. The Morgan fingerprint density at radius 2 is 1.90 bits per heavy atom. The van der Waals surface area contributed by atoms with E-state index in [2.05, 4.69) is 9.97 Å². The van der Waals surface area contributed by atoms with Gasteiger partial charge in [-0.1, -0.05) is 12.1 Å². The molecule has 4 rings (SSSR count). The monoisotopic (exact) mass is 430 g/mol. The van der Waals surface area contributed by atoms with Gasteiger partial charge >= 0.3 is 0 Å². The number of imidazole rings is 1. The van der Waals surface area contributed by atoms with Crippen LogP contribution in [0.15, 0.2) is 48.0 Å². The van der Waals surface area contributed by atoms with E-state index in [1.165, 1.54) is 29.0 Å². The van der Waals surface area contributed by atoms with E-state index >= 15 is 0 Å². The number of hydrogen-bond acceptors (Lipinski definition) is 6. The smallest absolute Gasteiger partial charge is 0.262 e. The molecule has 0 N–H and O–H groups in total. The number of nitrogens with zero attached hydrogens (tertiary/aromatic N) is 6. The molecule has 0 saturated carbocycles. The van der Waals surface area contributed by atoms with Crippen LogP contribution in [0.4, 0.5) is 10.3 Å². The van der Waals surface area contributed by atoms with E-state index in [4.69, 9.17) is 4.98 Å². The van der Waals surface area contributed by atoms with E-state index < -0.39 is 16.1 Å². The average molecular weight is 431 g/mol. The van der Waals surface area contributed by atoms with Gasteiger partial charge in [0.05, 0.1) is 18.1 Å². The lowest BCUT2D eigenvalue weighted by Crippen LogP contribution is -2.32. The van der Waals surface area contributed by atoms with E-state index in [0.29, 0.717) is 36.6 Å². The van der Waals surface area contributed by atoms with E-state index in [0.717, 1.165) is 5.56 Å².